The molecule has 3 rings (SSSR count). The van der Waals surface area contributed by atoms with Crippen molar-refractivity contribution >= 4 is 38.8 Å². The Bertz CT molecular complexity index is 739. The number of thiazole rings is 1. The molecule has 0 saturated heterocycles. The first-order valence-corrected chi connectivity index (χ1v) is 6.44. The topological polar surface area (TPSA) is 38.9 Å². The Labute approximate surface area is 112 Å². The molecule has 0 spiro atoms. The van der Waals surface area contributed by atoms with Gasteiger partial charge in [-0.15, -0.1) is 11.3 Å². The van der Waals surface area contributed by atoms with Crippen LogP contribution in [0.3, 0.4) is 0 Å². The maximum atomic E-state index is 13.1. The Balaban J connectivity index is 2.22. The molecule has 18 heavy (non-hydrogen) atoms. The second-order valence-electron chi connectivity index (χ2n) is 3.86. The fourth-order valence-electron chi connectivity index (χ4n) is 1.73. The number of halogens is 2. The lowest BCUT2D eigenvalue weighted by Crippen LogP contribution is -1.88. The van der Waals surface area contributed by atoms with Gasteiger partial charge in [-0.2, -0.15) is 0 Å². The van der Waals surface area contributed by atoms with E-state index >= 15 is 0 Å². The summed E-state index contributed by atoms with van der Waals surface area (Å²) in [6.07, 6.45) is 0. The van der Waals surface area contributed by atoms with Gasteiger partial charge in [0, 0.05) is 22.3 Å². The highest BCUT2D eigenvalue weighted by Gasteiger charge is 2.10. The minimum atomic E-state index is -0.293. The third kappa shape index (κ3) is 1.94. The molecule has 0 bridgehead atoms. The Morgan fingerprint density at radius 1 is 1.17 bits per heavy atom. The van der Waals surface area contributed by atoms with Gasteiger partial charge in [0.2, 0.25) is 0 Å². The molecule has 0 atom stereocenters. The molecule has 0 saturated carbocycles. The van der Waals surface area contributed by atoms with E-state index in [9.17, 15) is 4.39 Å². The van der Waals surface area contributed by atoms with Gasteiger partial charge in [0.15, 0.2) is 0 Å². The summed E-state index contributed by atoms with van der Waals surface area (Å²) in [5, 5.41) is 1.35. The van der Waals surface area contributed by atoms with Crippen molar-refractivity contribution in [3.63, 3.8) is 0 Å². The lowest BCUT2D eigenvalue weighted by molar-refractivity contribution is 0.629. The second-order valence-corrected chi connectivity index (χ2v) is 5.33. The molecule has 1 aromatic heterocycles. The van der Waals surface area contributed by atoms with Crippen LogP contribution in [-0.2, 0) is 0 Å². The summed E-state index contributed by atoms with van der Waals surface area (Å²) in [4.78, 5) is 4.39. The van der Waals surface area contributed by atoms with Crippen LogP contribution < -0.4 is 5.73 Å². The number of nitrogen functional groups attached to an aromatic ring is 1. The first-order valence-electron chi connectivity index (χ1n) is 5.25. The van der Waals surface area contributed by atoms with E-state index in [0.29, 0.717) is 16.2 Å². The fourth-order valence-corrected chi connectivity index (χ4v) is 2.89. The third-order valence-corrected chi connectivity index (χ3v) is 3.90. The quantitative estimate of drug-likeness (QED) is 0.673. The van der Waals surface area contributed by atoms with Gasteiger partial charge in [-0.05, 0) is 30.3 Å². The molecule has 2 aromatic carbocycles. The van der Waals surface area contributed by atoms with Crippen molar-refractivity contribution < 1.29 is 4.39 Å². The fraction of sp³-hybridized carbons (Fsp3) is 0. The summed E-state index contributed by atoms with van der Waals surface area (Å²) >= 11 is 7.42. The molecule has 90 valence electrons. The van der Waals surface area contributed by atoms with Gasteiger partial charge >= 0.3 is 0 Å². The van der Waals surface area contributed by atoms with Crippen LogP contribution in [-0.4, -0.2) is 4.98 Å². The summed E-state index contributed by atoms with van der Waals surface area (Å²) in [6, 6.07) is 9.79. The van der Waals surface area contributed by atoms with Crippen molar-refractivity contribution in [1.82, 2.24) is 4.98 Å². The van der Waals surface area contributed by atoms with Gasteiger partial charge in [-0.3, -0.25) is 0 Å². The second kappa shape index (κ2) is 4.23. The zero-order chi connectivity index (χ0) is 12.7. The number of nitrogens with two attached hydrogens (primary N) is 1. The first-order chi connectivity index (χ1) is 8.63. The highest BCUT2D eigenvalue weighted by Crippen LogP contribution is 2.34. The lowest BCUT2D eigenvalue weighted by Gasteiger charge is -2.01. The van der Waals surface area contributed by atoms with Crippen LogP contribution >= 0.6 is 22.9 Å². The Morgan fingerprint density at radius 3 is 2.83 bits per heavy atom. The van der Waals surface area contributed by atoms with E-state index in [1.54, 1.807) is 24.3 Å². The minimum Gasteiger partial charge on any atom is -0.398 e. The zero-order valence-corrected chi connectivity index (χ0v) is 10.7. The normalized spacial score (nSPS) is 11.0. The minimum absolute atomic E-state index is 0.293. The number of hydrogen-bond donors (Lipinski definition) is 1. The van der Waals surface area contributed by atoms with Crippen LogP contribution in [0.4, 0.5) is 10.1 Å². The Morgan fingerprint density at radius 2 is 2.00 bits per heavy atom. The summed E-state index contributed by atoms with van der Waals surface area (Å²) in [5.41, 5.74) is 7.93. The third-order valence-electron chi connectivity index (χ3n) is 2.60. The molecule has 0 radical (unpaired) electrons. The van der Waals surface area contributed by atoms with E-state index < -0.39 is 0 Å². The van der Waals surface area contributed by atoms with Crippen LogP contribution in [0.5, 0.6) is 0 Å². The van der Waals surface area contributed by atoms with Gasteiger partial charge in [0.1, 0.15) is 10.8 Å². The summed E-state index contributed by atoms with van der Waals surface area (Å²) < 4.78 is 14.0. The highest BCUT2D eigenvalue weighted by atomic mass is 35.5. The molecule has 3 aromatic rings. The van der Waals surface area contributed by atoms with Gasteiger partial charge in [0.05, 0.1) is 10.2 Å². The predicted octanol–water partition coefficient (Wildman–Crippen LogP) is 4.34. The van der Waals surface area contributed by atoms with Crippen molar-refractivity contribution in [3.05, 3.63) is 47.2 Å². The molecule has 2 nitrogen and oxygen atoms in total. The van der Waals surface area contributed by atoms with E-state index in [4.69, 9.17) is 17.3 Å². The van der Waals surface area contributed by atoms with E-state index in [-0.39, 0.29) is 5.82 Å². The van der Waals surface area contributed by atoms with Crippen molar-refractivity contribution in [1.29, 1.82) is 0 Å². The van der Waals surface area contributed by atoms with Crippen LogP contribution in [0.25, 0.3) is 20.8 Å². The van der Waals surface area contributed by atoms with E-state index in [1.807, 2.05) is 0 Å². The Kier molecular flexibility index (Phi) is 2.69. The smallest absolute Gasteiger partial charge is 0.126 e. The first kappa shape index (κ1) is 11.4. The molecule has 0 unspecified atom stereocenters. The molecular formula is C13H8ClFN2S. The predicted molar refractivity (Wildman–Crippen MR) is 74.4 cm³/mol. The van der Waals surface area contributed by atoms with Gasteiger partial charge in [0.25, 0.3) is 0 Å². The maximum Gasteiger partial charge on any atom is 0.126 e. The molecular weight excluding hydrogens is 271 g/mol. The van der Waals surface area contributed by atoms with Crippen molar-refractivity contribution in [2.45, 2.75) is 0 Å². The largest absolute Gasteiger partial charge is 0.398 e. The van der Waals surface area contributed by atoms with Crippen LogP contribution in [0.2, 0.25) is 5.02 Å². The molecule has 5 heteroatoms. The zero-order valence-electron chi connectivity index (χ0n) is 9.15. The molecule has 1 heterocycles. The van der Waals surface area contributed by atoms with Crippen molar-refractivity contribution in [2.24, 2.45) is 0 Å². The number of hydrogen-bond acceptors (Lipinski definition) is 3. The molecule has 2 N–H and O–H groups in total. The number of nitrogens with zero attached hydrogens (tertiary/aromatic N) is 1. The van der Waals surface area contributed by atoms with Crippen LogP contribution in [0.1, 0.15) is 0 Å². The van der Waals surface area contributed by atoms with Gasteiger partial charge < -0.3 is 5.73 Å². The molecule has 0 amide bonds. The SMILES string of the molecule is Nc1ccc(Cl)cc1-c1nc2cc(F)ccc2s1. The number of rotatable bonds is 1. The molecule has 0 aliphatic rings. The summed E-state index contributed by atoms with van der Waals surface area (Å²) in [6.45, 7) is 0. The average molecular weight is 279 g/mol. The van der Waals surface area contributed by atoms with E-state index in [0.717, 1.165) is 15.3 Å². The average Bonchev–Trinajstić information content (AvgIpc) is 2.74. The lowest BCUT2D eigenvalue weighted by atomic mass is 10.2. The highest BCUT2D eigenvalue weighted by molar-refractivity contribution is 7.21. The molecule has 0 aliphatic carbocycles. The van der Waals surface area contributed by atoms with E-state index in [1.165, 1.54) is 23.5 Å². The Hall–Kier alpha value is -1.65. The standard InChI is InChI=1S/C13H8ClFN2S/c14-7-1-3-10(16)9(5-7)13-17-11-6-8(15)2-4-12(11)18-13/h1-6H,16H2. The van der Waals surface area contributed by atoms with Crippen molar-refractivity contribution in [2.75, 3.05) is 5.73 Å². The van der Waals surface area contributed by atoms with Gasteiger partial charge in [-0.25, -0.2) is 9.37 Å². The van der Waals surface area contributed by atoms with E-state index in [2.05, 4.69) is 4.98 Å². The van der Waals surface area contributed by atoms with Gasteiger partial charge in [-0.1, -0.05) is 11.6 Å². The summed E-state index contributed by atoms with van der Waals surface area (Å²) in [5.74, 6) is -0.293. The number of benzene rings is 2. The molecule has 0 fully saturated rings. The maximum absolute atomic E-state index is 13.1. The van der Waals surface area contributed by atoms with Crippen LogP contribution in [0, 0.1) is 5.82 Å². The number of anilines is 1. The van der Waals surface area contributed by atoms with Crippen molar-refractivity contribution in [3.8, 4) is 10.6 Å². The summed E-state index contributed by atoms with van der Waals surface area (Å²) in [7, 11) is 0. The number of aromatic nitrogens is 1. The number of fused-ring (bicyclic) bond motifs is 1. The monoisotopic (exact) mass is 278 g/mol. The molecule has 0 aliphatic heterocycles. The van der Waals surface area contributed by atoms with Crippen LogP contribution in [0.15, 0.2) is 36.4 Å².